The highest BCUT2D eigenvalue weighted by Gasteiger charge is 2.02. The molecule has 0 aliphatic rings. The highest BCUT2D eigenvalue weighted by atomic mass is 16.2. The number of hydrogen-bond donors (Lipinski definition) is 2. The van der Waals surface area contributed by atoms with E-state index in [1.165, 1.54) is 4.57 Å². The quantitative estimate of drug-likeness (QED) is 0.849. The van der Waals surface area contributed by atoms with Crippen LogP contribution in [0.5, 0.6) is 0 Å². The van der Waals surface area contributed by atoms with Gasteiger partial charge in [-0.2, -0.15) is 0 Å². The van der Waals surface area contributed by atoms with Crippen LogP contribution in [-0.4, -0.2) is 21.1 Å². The molecule has 0 spiro atoms. The summed E-state index contributed by atoms with van der Waals surface area (Å²) in [5.41, 5.74) is 0.653. The van der Waals surface area contributed by atoms with Crippen LogP contribution in [0.1, 0.15) is 18.1 Å². The predicted molar refractivity (Wildman–Crippen MR) is 73.6 cm³/mol. The van der Waals surface area contributed by atoms with Gasteiger partial charge in [0.05, 0.1) is 6.54 Å². The predicted octanol–water partition coefficient (Wildman–Crippen LogP) is 0.720. The second kappa shape index (κ2) is 5.51. The summed E-state index contributed by atoms with van der Waals surface area (Å²) in [7, 11) is 0. The fraction of sp³-hybridized carbons (Fsp3) is 0.308. The molecule has 2 heterocycles. The summed E-state index contributed by atoms with van der Waals surface area (Å²) < 4.78 is 1.46. The highest BCUT2D eigenvalue weighted by Crippen LogP contribution is 2.05. The van der Waals surface area contributed by atoms with Gasteiger partial charge in [0, 0.05) is 24.5 Å². The minimum absolute atomic E-state index is 0.345. The SMILES string of the molecule is CCNc1ccc(Cn2cc(C)c(=O)[nH]c2=O)cn1. The fourth-order valence-corrected chi connectivity index (χ4v) is 1.74. The zero-order valence-corrected chi connectivity index (χ0v) is 10.9. The molecule has 100 valence electrons. The number of rotatable bonds is 4. The molecule has 0 unspecified atom stereocenters. The van der Waals surface area contributed by atoms with E-state index in [1.807, 2.05) is 19.1 Å². The van der Waals surface area contributed by atoms with E-state index in [0.717, 1.165) is 17.9 Å². The van der Waals surface area contributed by atoms with Gasteiger partial charge >= 0.3 is 5.69 Å². The third-order valence-corrected chi connectivity index (χ3v) is 2.72. The van der Waals surface area contributed by atoms with Gasteiger partial charge < -0.3 is 5.32 Å². The molecule has 0 saturated heterocycles. The third kappa shape index (κ3) is 3.09. The van der Waals surface area contributed by atoms with Gasteiger partial charge in [0.25, 0.3) is 5.56 Å². The smallest absolute Gasteiger partial charge is 0.328 e. The second-order valence-electron chi connectivity index (χ2n) is 4.28. The summed E-state index contributed by atoms with van der Waals surface area (Å²) >= 11 is 0. The monoisotopic (exact) mass is 260 g/mol. The van der Waals surface area contributed by atoms with Gasteiger partial charge in [-0.05, 0) is 25.5 Å². The molecule has 0 aromatic carbocycles. The van der Waals surface area contributed by atoms with Crippen molar-refractivity contribution in [3.63, 3.8) is 0 Å². The first-order valence-electron chi connectivity index (χ1n) is 6.09. The van der Waals surface area contributed by atoms with Gasteiger partial charge in [-0.15, -0.1) is 0 Å². The van der Waals surface area contributed by atoms with Gasteiger partial charge in [0.15, 0.2) is 0 Å². The molecule has 2 aromatic heterocycles. The van der Waals surface area contributed by atoms with E-state index < -0.39 is 5.69 Å². The molecule has 0 aliphatic carbocycles. The first-order chi connectivity index (χ1) is 9.10. The molecule has 0 saturated carbocycles. The Morgan fingerprint density at radius 1 is 1.37 bits per heavy atom. The molecule has 6 nitrogen and oxygen atoms in total. The van der Waals surface area contributed by atoms with E-state index in [-0.39, 0.29) is 5.56 Å². The molecule has 19 heavy (non-hydrogen) atoms. The van der Waals surface area contributed by atoms with Crippen LogP contribution < -0.4 is 16.6 Å². The number of aryl methyl sites for hydroxylation is 1. The van der Waals surface area contributed by atoms with E-state index in [1.54, 1.807) is 19.3 Å². The van der Waals surface area contributed by atoms with Crippen molar-refractivity contribution >= 4 is 5.82 Å². The number of nitrogens with one attached hydrogen (secondary N) is 2. The summed E-state index contributed by atoms with van der Waals surface area (Å²) in [6.45, 7) is 4.86. The lowest BCUT2D eigenvalue weighted by molar-refractivity contribution is 0.711. The van der Waals surface area contributed by atoms with Crippen LogP contribution in [0.15, 0.2) is 34.1 Å². The number of pyridine rings is 1. The van der Waals surface area contributed by atoms with Crippen LogP contribution in [0.3, 0.4) is 0 Å². The second-order valence-corrected chi connectivity index (χ2v) is 4.28. The standard InChI is InChI=1S/C13H16N4O2/c1-3-14-11-5-4-10(6-15-11)8-17-7-9(2)12(18)16-13(17)19/h4-7H,3,8H2,1-2H3,(H,14,15)(H,16,18,19). The van der Waals surface area contributed by atoms with Crippen molar-refractivity contribution in [2.45, 2.75) is 20.4 Å². The van der Waals surface area contributed by atoms with Crippen LogP contribution >= 0.6 is 0 Å². The van der Waals surface area contributed by atoms with Crippen LogP contribution in [0.2, 0.25) is 0 Å². The lowest BCUT2D eigenvalue weighted by Gasteiger charge is -2.07. The van der Waals surface area contributed by atoms with Gasteiger partial charge in [0.1, 0.15) is 5.82 Å². The number of aromatic nitrogens is 3. The number of hydrogen-bond acceptors (Lipinski definition) is 4. The Kier molecular flexibility index (Phi) is 3.79. The van der Waals surface area contributed by atoms with Crippen LogP contribution in [0.4, 0.5) is 5.82 Å². The first-order valence-corrected chi connectivity index (χ1v) is 6.09. The molecular weight excluding hydrogens is 244 g/mol. The minimum atomic E-state index is -0.411. The number of nitrogens with zero attached hydrogens (tertiary/aromatic N) is 2. The van der Waals surface area contributed by atoms with E-state index >= 15 is 0 Å². The summed E-state index contributed by atoms with van der Waals surface area (Å²) in [4.78, 5) is 29.4. The zero-order chi connectivity index (χ0) is 13.8. The first kappa shape index (κ1) is 13.1. The Balaban J connectivity index is 2.24. The molecule has 6 heteroatoms. The number of aromatic amines is 1. The van der Waals surface area contributed by atoms with Crippen molar-refractivity contribution in [2.75, 3.05) is 11.9 Å². The Hall–Kier alpha value is -2.37. The van der Waals surface area contributed by atoms with Crippen molar-refractivity contribution in [3.8, 4) is 0 Å². The molecule has 0 atom stereocenters. The van der Waals surface area contributed by atoms with E-state index in [0.29, 0.717) is 12.1 Å². The average molecular weight is 260 g/mol. The molecule has 2 aromatic rings. The normalized spacial score (nSPS) is 10.4. The lowest BCUT2D eigenvalue weighted by atomic mass is 10.2. The number of H-pyrrole nitrogens is 1. The molecule has 2 rings (SSSR count). The number of anilines is 1. The van der Waals surface area contributed by atoms with Gasteiger partial charge in [-0.1, -0.05) is 6.07 Å². The summed E-state index contributed by atoms with van der Waals surface area (Å²) in [6.07, 6.45) is 3.27. The van der Waals surface area contributed by atoms with Crippen molar-refractivity contribution < 1.29 is 0 Å². The fourth-order valence-electron chi connectivity index (χ4n) is 1.74. The molecule has 0 fully saturated rings. The molecule has 0 radical (unpaired) electrons. The lowest BCUT2D eigenvalue weighted by Crippen LogP contribution is -2.31. The van der Waals surface area contributed by atoms with Gasteiger partial charge in [-0.25, -0.2) is 9.78 Å². The molecule has 2 N–H and O–H groups in total. The minimum Gasteiger partial charge on any atom is -0.370 e. The molecule has 0 bridgehead atoms. The summed E-state index contributed by atoms with van der Waals surface area (Å²) in [5.74, 6) is 0.802. The van der Waals surface area contributed by atoms with Crippen LogP contribution in [-0.2, 0) is 6.54 Å². The van der Waals surface area contributed by atoms with Crippen molar-refractivity contribution in [2.24, 2.45) is 0 Å². The maximum Gasteiger partial charge on any atom is 0.328 e. The maximum atomic E-state index is 11.6. The largest absolute Gasteiger partial charge is 0.370 e. The van der Waals surface area contributed by atoms with E-state index in [9.17, 15) is 9.59 Å². The molecule has 0 aliphatic heterocycles. The Morgan fingerprint density at radius 3 is 2.79 bits per heavy atom. The third-order valence-electron chi connectivity index (χ3n) is 2.72. The topological polar surface area (TPSA) is 79.8 Å². The Morgan fingerprint density at radius 2 is 2.16 bits per heavy atom. The average Bonchev–Trinajstić information content (AvgIpc) is 2.38. The van der Waals surface area contributed by atoms with E-state index in [2.05, 4.69) is 15.3 Å². The van der Waals surface area contributed by atoms with Gasteiger partial charge in [-0.3, -0.25) is 14.3 Å². The molecular formula is C13H16N4O2. The van der Waals surface area contributed by atoms with Gasteiger partial charge in [0.2, 0.25) is 0 Å². The van der Waals surface area contributed by atoms with E-state index in [4.69, 9.17) is 0 Å². The van der Waals surface area contributed by atoms with Crippen LogP contribution in [0, 0.1) is 6.92 Å². The Labute approximate surface area is 110 Å². The molecule has 0 amide bonds. The zero-order valence-electron chi connectivity index (χ0n) is 10.9. The Bertz CT molecular complexity index is 670. The summed E-state index contributed by atoms with van der Waals surface area (Å²) in [5, 5.41) is 3.10. The summed E-state index contributed by atoms with van der Waals surface area (Å²) in [6, 6.07) is 3.76. The maximum absolute atomic E-state index is 11.6. The highest BCUT2D eigenvalue weighted by molar-refractivity contribution is 5.35. The van der Waals surface area contributed by atoms with Crippen LogP contribution in [0.25, 0.3) is 0 Å². The van der Waals surface area contributed by atoms with Crippen molar-refractivity contribution in [1.82, 2.24) is 14.5 Å². The van der Waals surface area contributed by atoms with Crippen molar-refractivity contribution in [3.05, 3.63) is 56.5 Å². The van der Waals surface area contributed by atoms with Crippen molar-refractivity contribution in [1.29, 1.82) is 0 Å².